The maximum absolute atomic E-state index is 11.1. The van der Waals surface area contributed by atoms with Gasteiger partial charge in [-0.1, -0.05) is 24.3 Å². The van der Waals surface area contributed by atoms with E-state index in [2.05, 4.69) is 10.3 Å². The first-order valence-corrected chi connectivity index (χ1v) is 6.86. The van der Waals surface area contributed by atoms with E-state index in [0.717, 1.165) is 5.56 Å². The highest BCUT2D eigenvalue weighted by atomic mass is 16.6. The number of rotatable bonds is 5. The van der Waals surface area contributed by atoms with E-state index in [1.807, 2.05) is 24.3 Å². The van der Waals surface area contributed by atoms with Gasteiger partial charge in [0.05, 0.1) is 6.04 Å². The molecule has 1 aliphatic rings. The van der Waals surface area contributed by atoms with Crippen LogP contribution >= 0.6 is 0 Å². The van der Waals surface area contributed by atoms with Crippen molar-refractivity contribution in [1.29, 1.82) is 0 Å². The van der Waals surface area contributed by atoms with Gasteiger partial charge in [0, 0.05) is 6.07 Å². The molecular weight excluding hydrogens is 284 g/mol. The summed E-state index contributed by atoms with van der Waals surface area (Å²) in [6.07, 6.45) is 0.864. The van der Waals surface area contributed by atoms with Gasteiger partial charge in [0.2, 0.25) is 5.88 Å². The van der Waals surface area contributed by atoms with E-state index in [4.69, 9.17) is 9.47 Å². The Morgan fingerprint density at radius 3 is 2.91 bits per heavy atom. The third-order valence-corrected chi connectivity index (χ3v) is 3.26. The van der Waals surface area contributed by atoms with E-state index in [1.165, 1.54) is 0 Å². The van der Waals surface area contributed by atoms with Gasteiger partial charge >= 0.3 is 6.09 Å². The Balaban J connectivity index is 1.78. The van der Waals surface area contributed by atoms with Crippen LogP contribution in [-0.2, 0) is 11.2 Å². The second kappa shape index (κ2) is 6.26. The average Bonchev–Trinajstić information content (AvgIpc) is 2.94. The molecule has 1 atom stereocenters. The predicted octanol–water partition coefficient (Wildman–Crippen LogP) is 2.34. The molecule has 1 aromatic heterocycles. The first kappa shape index (κ1) is 14.1. The van der Waals surface area contributed by atoms with Gasteiger partial charge in [0.1, 0.15) is 18.1 Å². The monoisotopic (exact) mass is 298 g/mol. The van der Waals surface area contributed by atoms with Crippen LogP contribution in [0.5, 0.6) is 11.6 Å². The Bertz CT molecular complexity index is 702. The van der Waals surface area contributed by atoms with E-state index in [1.54, 1.807) is 18.2 Å². The van der Waals surface area contributed by atoms with Gasteiger partial charge in [0.15, 0.2) is 6.29 Å². The summed E-state index contributed by atoms with van der Waals surface area (Å²) < 4.78 is 10.6. The van der Waals surface area contributed by atoms with Gasteiger partial charge in [-0.25, -0.2) is 9.78 Å². The van der Waals surface area contributed by atoms with Gasteiger partial charge in [-0.05, 0) is 24.1 Å². The van der Waals surface area contributed by atoms with Crippen molar-refractivity contribution < 1.29 is 19.1 Å². The fourth-order valence-electron chi connectivity index (χ4n) is 2.24. The van der Waals surface area contributed by atoms with Gasteiger partial charge in [-0.15, -0.1) is 0 Å². The van der Waals surface area contributed by atoms with Crippen LogP contribution in [0.25, 0.3) is 0 Å². The van der Waals surface area contributed by atoms with Crippen LogP contribution in [0.15, 0.2) is 42.5 Å². The zero-order chi connectivity index (χ0) is 15.4. The molecule has 6 heteroatoms. The highest BCUT2D eigenvalue weighted by molar-refractivity contribution is 5.71. The number of nitrogens with zero attached hydrogens (tertiary/aromatic N) is 1. The molecule has 2 aromatic rings. The van der Waals surface area contributed by atoms with Crippen LogP contribution in [0.4, 0.5) is 4.79 Å². The smallest absolute Gasteiger partial charge is 0.407 e. The van der Waals surface area contributed by atoms with E-state index in [0.29, 0.717) is 36.6 Å². The number of amides is 1. The zero-order valence-corrected chi connectivity index (χ0v) is 11.7. The number of ether oxygens (including phenoxy) is 2. The minimum atomic E-state index is -0.399. The van der Waals surface area contributed by atoms with Gasteiger partial charge in [0.25, 0.3) is 0 Å². The molecule has 112 valence electrons. The Kier molecular flexibility index (Phi) is 4.00. The number of hydrogen-bond acceptors (Lipinski definition) is 5. The first-order chi connectivity index (χ1) is 10.7. The van der Waals surface area contributed by atoms with Gasteiger partial charge < -0.3 is 14.8 Å². The summed E-state index contributed by atoms with van der Waals surface area (Å²) in [4.78, 5) is 25.9. The fraction of sp³-hybridized carbons (Fsp3) is 0.188. The summed E-state index contributed by atoms with van der Waals surface area (Å²) in [6, 6.07) is 12.4. The fourth-order valence-corrected chi connectivity index (χ4v) is 2.24. The number of hydrogen-bond donors (Lipinski definition) is 1. The lowest BCUT2D eigenvalue weighted by molar-refractivity contribution is 0.111. The summed E-state index contributed by atoms with van der Waals surface area (Å²) >= 11 is 0. The number of nitrogens with one attached hydrogen (secondary N) is 1. The van der Waals surface area contributed by atoms with Crippen molar-refractivity contribution in [3.63, 3.8) is 0 Å². The number of para-hydroxylation sites is 1. The molecular formula is C16H14N2O4. The van der Waals surface area contributed by atoms with E-state index in [9.17, 15) is 9.59 Å². The van der Waals surface area contributed by atoms with Crippen molar-refractivity contribution in [2.75, 3.05) is 6.61 Å². The Morgan fingerprint density at radius 2 is 2.14 bits per heavy atom. The Hall–Kier alpha value is -2.89. The van der Waals surface area contributed by atoms with Crippen LogP contribution in [0.3, 0.4) is 0 Å². The molecule has 6 nitrogen and oxygen atoms in total. The summed E-state index contributed by atoms with van der Waals surface area (Å²) in [5.74, 6) is 0.989. The van der Waals surface area contributed by atoms with Crippen molar-refractivity contribution in [2.24, 2.45) is 0 Å². The quantitative estimate of drug-likeness (QED) is 0.857. The molecule has 2 heterocycles. The number of carbonyl (C=O) groups is 2. The van der Waals surface area contributed by atoms with Crippen molar-refractivity contribution in [3.8, 4) is 11.6 Å². The van der Waals surface area contributed by atoms with Crippen LogP contribution in [0.2, 0.25) is 0 Å². The summed E-state index contributed by atoms with van der Waals surface area (Å²) in [7, 11) is 0. The van der Waals surface area contributed by atoms with E-state index in [-0.39, 0.29) is 6.04 Å². The Morgan fingerprint density at radius 1 is 1.27 bits per heavy atom. The SMILES string of the molecule is O=Cc1cccc(Oc2ccccc2C[C@H]2COC(=O)N2)n1. The van der Waals surface area contributed by atoms with Crippen molar-refractivity contribution in [1.82, 2.24) is 10.3 Å². The standard InChI is InChI=1S/C16H14N2O4/c19-9-12-5-3-7-15(17-12)22-14-6-2-1-4-11(14)8-13-10-21-16(20)18-13/h1-7,9,13H,8,10H2,(H,18,20)/t13-/m0/s1. The topological polar surface area (TPSA) is 77.5 Å². The van der Waals surface area contributed by atoms with Crippen LogP contribution in [-0.4, -0.2) is 30.0 Å². The normalized spacial score (nSPS) is 16.7. The highest BCUT2D eigenvalue weighted by Gasteiger charge is 2.23. The second-order valence-electron chi connectivity index (χ2n) is 4.87. The average molecular weight is 298 g/mol. The maximum Gasteiger partial charge on any atom is 0.407 e. The number of alkyl carbamates (subject to hydrolysis) is 1. The minimum absolute atomic E-state index is 0.0773. The minimum Gasteiger partial charge on any atom is -0.447 e. The predicted molar refractivity (Wildman–Crippen MR) is 78.1 cm³/mol. The van der Waals surface area contributed by atoms with E-state index < -0.39 is 6.09 Å². The molecule has 1 aliphatic heterocycles. The molecule has 1 saturated heterocycles. The lowest BCUT2D eigenvalue weighted by Gasteiger charge is -2.13. The molecule has 0 aliphatic carbocycles. The summed E-state index contributed by atoms with van der Waals surface area (Å²) in [5.41, 5.74) is 1.24. The third kappa shape index (κ3) is 3.22. The Labute approximate surface area is 127 Å². The molecule has 1 N–H and O–H groups in total. The van der Waals surface area contributed by atoms with Crippen LogP contribution < -0.4 is 10.1 Å². The molecule has 0 radical (unpaired) electrons. The molecule has 0 spiro atoms. The van der Waals surface area contributed by atoms with Gasteiger partial charge in [-0.2, -0.15) is 0 Å². The van der Waals surface area contributed by atoms with Crippen molar-refractivity contribution in [2.45, 2.75) is 12.5 Å². The lowest BCUT2D eigenvalue weighted by atomic mass is 10.1. The molecule has 22 heavy (non-hydrogen) atoms. The maximum atomic E-state index is 11.1. The number of aldehydes is 1. The molecule has 0 unspecified atom stereocenters. The van der Waals surface area contributed by atoms with Crippen LogP contribution in [0.1, 0.15) is 16.1 Å². The van der Waals surface area contributed by atoms with Crippen molar-refractivity contribution in [3.05, 3.63) is 53.7 Å². The first-order valence-electron chi connectivity index (χ1n) is 6.86. The van der Waals surface area contributed by atoms with Gasteiger partial charge in [-0.3, -0.25) is 4.79 Å². The summed E-state index contributed by atoms with van der Waals surface area (Å²) in [6.45, 7) is 0.339. The number of carbonyl (C=O) groups excluding carboxylic acids is 2. The largest absolute Gasteiger partial charge is 0.447 e. The number of benzene rings is 1. The number of pyridine rings is 1. The number of cyclic esters (lactones) is 1. The van der Waals surface area contributed by atoms with Crippen molar-refractivity contribution >= 4 is 12.4 Å². The second-order valence-corrected chi connectivity index (χ2v) is 4.87. The molecule has 1 aromatic carbocycles. The van der Waals surface area contributed by atoms with E-state index >= 15 is 0 Å². The highest BCUT2D eigenvalue weighted by Crippen LogP contribution is 2.25. The van der Waals surface area contributed by atoms with Crippen LogP contribution in [0, 0.1) is 0 Å². The number of aromatic nitrogens is 1. The summed E-state index contributed by atoms with van der Waals surface area (Å²) in [5, 5.41) is 2.73. The molecule has 3 rings (SSSR count). The lowest BCUT2D eigenvalue weighted by Crippen LogP contribution is -2.28. The molecule has 0 saturated carbocycles. The molecule has 1 amide bonds. The molecule has 0 bridgehead atoms. The third-order valence-electron chi connectivity index (χ3n) is 3.26. The zero-order valence-electron chi connectivity index (χ0n) is 11.7. The molecule has 1 fully saturated rings.